The minimum atomic E-state index is -0.454. The van der Waals surface area contributed by atoms with Crippen LogP contribution in [0.4, 0.5) is 8.78 Å². The van der Waals surface area contributed by atoms with E-state index in [0.29, 0.717) is 36.6 Å². The minimum absolute atomic E-state index is 0.189. The Morgan fingerprint density at radius 2 is 1.93 bits per heavy atom. The van der Waals surface area contributed by atoms with E-state index in [0.717, 1.165) is 17.7 Å². The molecule has 4 rings (SSSR count). The van der Waals surface area contributed by atoms with Crippen LogP contribution < -0.4 is 0 Å². The second-order valence-electron chi connectivity index (χ2n) is 6.55. The highest BCUT2D eigenvalue weighted by atomic mass is 32.2. The molecule has 144 valence electrons. The lowest BCUT2D eigenvalue weighted by Gasteiger charge is -2.19. The Hall–Kier alpha value is -2.67. The summed E-state index contributed by atoms with van der Waals surface area (Å²) in [5, 5.41) is 3.73. The Morgan fingerprint density at radius 1 is 1.11 bits per heavy atom. The molecule has 1 atom stereocenters. The summed E-state index contributed by atoms with van der Waals surface area (Å²) in [7, 11) is 0. The largest absolute Gasteiger partial charge is 0.355 e. The van der Waals surface area contributed by atoms with Crippen molar-refractivity contribution >= 4 is 17.7 Å². The van der Waals surface area contributed by atoms with Gasteiger partial charge in [0.1, 0.15) is 11.6 Å². The fourth-order valence-corrected chi connectivity index (χ4v) is 4.50. The second-order valence-corrected chi connectivity index (χ2v) is 7.86. The highest BCUT2D eigenvalue weighted by Gasteiger charge is 2.26. The van der Waals surface area contributed by atoms with E-state index in [1.807, 2.05) is 30.3 Å². The second kappa shape index (κ2) is 8.14. The number of rotatable bonds is 3. The van der Waals surface area contributed by atoms with Gasteiger partial charge in [0, 0.05) is 41.3 Å². The zero-order chi connectivity index (χ0) is 19.5. The molecule has 1 saturated heterocycles. The summed E-state index contributed by atoms with van der Waals surface area (Å²) in [4.78, 5) is 14.5. The molecule has 0 radical (unpaired) electrons. The molecule has 7 heteroatoms. The number of amides is 1. The van der Waals surface area contributed by atoms with Crippen LogP contribution >= 0.6 is 11.8 Å². The first kappa shape index (κ1) is 18.7. The summed E-state index contributed by atoms with van der Waals surface area (Å²) in [5.41, 5.74) is 1.45. The molecule has 1 aromatic heterocycles. The minimum Gasteiger partial charge on any atom is -0.355 e. The molecule has 0 aliphatic carbocycles. The van der Waals surface area contributed by atoms with E-state index >= 15 is 0 Å². The number of carbonyl (C=O) groups is 1. The Balaban J connectivity index is 1.46. The van der Waals surface area contributed by atoms with Gasteiger partial charge in [-0.2, -0.15) is 11.8 Å². The number of thioether (sulfide) groups is 1. The van der Waals surface area contributed by atoms with E-state index in [1.54, 1.807) is 11.0 Å². The van der Waals surface area contributed by atoms with Crippen molar-refractivity contribution in [3.8, 4) is 11.3 Å². The highest BCUT2D eigenvalue weighted by molar-refractivity contribution is 7.99. The topological polar surface area (TPSA) is 46.3 Å². The summed E-state index contributed by atoms with van der Waals surface area (Å²) in [6.45, 7) is 0.963. The van der Waals surface area contributed by atoms with Gasteiger partial charge in [0.15, 0.2) is 11.5 Å². The third-order valence-corrected chi connectivity index (χ3v) is 6.03. The van der Waals surface area contributed by atoms with Gasteiger partial charge in [-0.25, -0.2) is 8.78 Å². The van der Waals surface area contributed by atoms with Gasteiger partial charge < -0.3 is 9.42 Å². The van der Waals surface area contributed by atoms with Gasteiger partial charge >= 0.3 is 0 Å². The van der Waals surface area contributed by atoms with Gasteiger partial charge in [-0.15, -0.1) is 0 Å². The molecule has 0 bridgehead atoms. The van der Waals surface area contributed by atoms with Gasteiger partial charge in [-0.3, -0.25) is 4.79 Å². The first-order chi connectivity index (χ1) is 13.6. The average Bonchev–Trinajstić information content (AvgIpc) is 3.08. The lowest BCUT2D eigenvalue weighted by Crippen LogP contribution is -2.33. The van der Waals surface area contributed by atoms with Crippen molar-refractivity contribution in [1.29, 1.82) is 0 Å². The Morgan fingerprint density at radius 3 is 2.75 bits per heavy atom. The summed E-state index contributed by atoms with van der Waals surface area (Å²) in [5.74, 6) is 0.0862. The van der Waals surface area contributed by atoms with Gasteiger partial charge in [0.05, 0.1) is 0 Å². The van der Waals surface area contributed by atoms with E-state index in [9.17, 15) is 13.6 Å². The molecule has 0 saturated carbocycles. The maximum atomic E-state index is 14.1. The Kier molecular flexibility index (Phi) is 5.43. The van der Waals surface area contributed by atoms with E-state index in [-0.39, 0.29) is 16.9 Å². The molecule has 0 spiro atoms. The number of halogens is 2. The lowest BCUT2D eigenvalue weighted by molar-refractivity contribution is 0.0756. The van der Waals surface area contributed by atoms with Crippen LogP contribution in [0.1, 0.15) is 27.7 Å². The smallest absolute Gasteiger partial charge is 0.276 e. The summed E-state index contributed by atoms with van der Waals surface area (Å²) >= 11 is 1.53. The lowest BCUT2D eigenvalue weighted by atomic mass is 10.1. The molecule has 2 heterocycles. The quantitative estimate of drug-likeness (QED) is 0.625. The monoisotopic (exact) mass is 400 g/mol. The molecule has 2 aromatic carbocycles. The first-order valence-electron chi connectivity index (χ1n) is 9.00. The van der Waals surface area contributed by atoms with Crippen LogP contribution in [0.5, 0.6) is 0 Å². The molecule has 1 amide bonds. The van der Waals surface area contributed by atoms with Crippen molar-refractivity contribution in [3.63, 3.8) is 0 Å². The van der Waals surface area contributed by atoms with Crippen molar-refractivity contribution in [2.45, 2.75) is 11.7 Å². The molecule has 4 nitrogen and oxygen atoms in total. The fourth-order valence-electron chi connectivity index (χ4n) is 3.26. The first-order valence-corrected chi connectivity index (χ1v) is 10.0. The molecule has 28 heavy (non-hydrogen) atoms. The normalized spacial score (nSPS) is 17.4. The predicted molar refractivity (Wildman–Crippen MR) is 104 cm³/mol. The van der Waals surface area contributed by atoms with Crippen LogP contribution in [0, 0.1) is 11.6 Å². The van der Waals surface area contributed by atoms with Gasteiger partial charge in [0.25, 0.3) is 5.91 Å². The summed E-state index contributed by atoms with van der Waals surface area (Å²) < 4.78 is 32.9. The number of hydrogen-bond donors (Lipinski definition) is 0. The average molecular weight is 400 g/mol. The maximum absolute atomic E-state index is 14.1. The standard InChI is InChI=1S/C21H18F2N2O2S/c22-15-6-7-17(23)16(12-15)20-8-9-25(10-11-28-20)21(26)18-13-19(27-24-18)14-4-2-1-3-5-14/h1-7,12-13,20H,8-11H2. The fraction of sp³-hybridized carbons (Fsp3) is 0.238. The van der Waals surface area contributed by atoms with E-state index < -0.39 is 11.6 Å². The molecule has 3 aromatic rings. The maximum Gasteiger partial charge on any atom is 0.276 e. The van der Waals surface area contributed by atoms with Crippen molar-refractivity contribution in [2.24, 2.45) is 0 Å². The Bertz CT molecular complexity index is 978. The van der Waals surface area contributed by atoms with Crippen molar-refractivity contribution in [1.82, 2.24) is 10.1 Å². The molecular formula is C21H18F2N2O2S. The summed E-state index contributed by atoms with van der Waals surface area (Å²) in [6, 6.07) is 14.6. The third-order valence-electron chi connectivity index (χ3n) is 4.72. The SMILES string of the molecule is O=C(c1cc(-c2ccccc2)on1)N1CCSC(c2cc(F)ccc2F)CC1. The zero-order valence-electron chi connectivity index (χ0n) is 15.0. The van der Waals surface area contributed by atoms with Crippen molar-refractivity contribution in [3.05, 3.63) is 77.5 Å². The van der Waals surface area contributed by atoms with Crippen LogP contribution in [0.2, 0.25) is 0 Å². The van der Waals surface area contributed by atoms with E-state index in [4.69, 9.17) is 4.52 Å². The van der Waals surface area contributed by atoms with Gasteiger partial charge in [-0.1, -0.05) is 35.5 Å². The molecule has 1 fully saturated rings. The highest BCUT2D eigenvalue weighted by Crippen LogP contribution is 2.36. The molecule has 1 unspecified atom stereocenters. The number of benzene rings is 2. The van der Waals surface area contributed by atoms with Crippen LogP contribution in [-0.2, 0) is 0 Å². The number of carbonyl (C=O) groups excluding carboxylic acids is 1. The third kappa shape index (κ3) is 3.94. The number of aromatic nitrogens is 1. The van der Waals surface area contributed by atoms with Gasteiger partial charge in [-0.05, 0) is 24.6 Å². The van der Waals surface area contributed by atoms with Crippen molar-refractivity contribution < 1.29 is 18.1 Å². The Labute approximate surface area is 165 Å². The zero-order valence-corrected chi connectivity index (χ0v) is 15.8. The predicted octanol–water partition coefficient (Wildman–Crippen LogP) is 4.94. The van der Waals surface area contributed by atoms with Crippen LogP contribution in [-0.4, -0.2) is 34.8 Å². The molecule has 1 aliphatic rings. The summed E-state index contributed by atoms with van der Waals surface area (Å²) in [6.07, 6.45) is 0.542. The van der Waals surface area contributed by atoms with E-state index in [2.05, 4.69) is 5.16 Å². The molecule has 0 N–H and O–H groups in total. The number of nitrogens with zero attached hydrogens (tertiary/aromatic N) is 2. The number of hydrogen-bond acceptors (Lipinski definition) is 4. The van der Waals surface area contributed by atoms with Crippen molar-refractivity contribution in [2.75, 3.05) is 18.8 Å². The molecular weight excluding hydrogens is 382 g/mol. The van der Waals surface area contributed by atoms with Crippen LogP contribution in [0.15, 0.2) is 59.1 Å². The van der Waals surface area contributed by atoms with Crippen LogP contribution in [0.3, 0.4) is 0 Å². The molecule has 1 aliphatic heterocycles. The van der Waals surface area contributed by atoms with E-state index in [1.165, 1.54) is 17.8 Å². The van der Waals surface area contributed by atoms with Crippen LogP contribution in [0.25, 0.3) is 11.3 Å². The van der Waals surface area contributed by atoms with Gasteiger partial charge in [0.2, 0.25) is 0 Å².